The molecule has 1 atom stereocenters. The molecule has 1 aliphatic rings. The normalized spacial score (nSPS) is 15.2. The van der Waals surface area contributed by atoms with Crippen molar-refractivity contribution in [2.75, 3.05) is 0 Å². The summed E-state index contributed by atoms with van der Waals surface area (Å²) in [5.74, 6) is -0.161. The van der Waals surface area contributed by atoms with Gasteiger partial charge in [-0.2, -0.15) is 0 Å². The van der Waals surface area contributed by atoms with E-state index < -0.39 is 7.92 Å². The average Bonchev–Trinajstić information content (AvgIpc) is 2.91. The molecular formula is C27H20FP. The lowest BCUT2D eigenvalue weighted by atomic mass is 9.99. The SMILES string of the molecule is FC1=Cc2ccccc2[C@@H](P(c2ccccc2)c2ccccc2)c2ccccc21. The maximum atomic E-state index is 15.2. The molecule has 0 unspecified atom stereocenters. The maximum absolute atomic E-state index is 15.2. The number of hydrogen-bond donors (Lipinski definition) is 0. The second-order valence-electron chi connectivity index (χ2n) is 7.15. The molecule has 29 heavy (non-hydrogen) atoms. The third-order valence-electron chi connectivity index (χ3n) is 5.41. The third kappa shape index (κ3) is 3.33. The van der Waals surface area contributed by atoms with Crippen molar-refractivity contribution in [3.63, 3.8) is 0 Å². The molecule has 4 aromatic rings. The molecule has 0 radical (unpaired) electrons. The predicted molar refractivity (Wildman–Crippen MR) is 123 cm³/mol. The Balaban J connectivity index is 1.83. The molecule has 0 saturated heterocycles. The van der Waals surface area contributed by atoms with Crippen LogP contribution < -0.4 is 10.6 Å². The van der Waals surface area contributed by atoms with Crippen LogP contribution in [0.5, 0.6) is 0 Å². The summed E-state index contributed by atoms with van der Waals surface area (Å²) in [6, 6.07) is 37.5. The summed E-state index contributed by atoms with van der Waals surface area (Å²) in [6.07, 6.45) is 1.69. The van der Waals surface area contributed by atoms with E-state index in [1.165, 1.54) is 16.2 Å². The second kappa shape index (κ2) is 7.78. The molecule has 0 nitrogen and oxygen atoms in total. The molecule has 0 N–H and O–H groups in total. The van der Waals surface area contributed by atoms with Crippen LogP contribution >= 0.6 is 7.92 Å². The van der Waals surface area contributed by atoms with Gasteiger partial charge >= 0.3 is 0 Å². The highest BCUT2D eigenvalue weighted by molar-refractivity contribution is 7.73. The van der Waals surface area contributed by atoms with Crippen LogP contribution in [0.25, 0.3) is 11.9 Å². The molecule has 4 aromatic carbocycles. The van der Waals surface area contributed by atoms with Crippen molar-refractivity contribution in [2.45, 2.75) is 5.66 Å². The summed E-state index contributed by atoms with van der Waals surface area (Å²) in [6.45, 7) is 0. The molecule has 0 heterocycles. The zero-order chi connectivity index (χ0) is 19.6. The minimum atomic E-state index is -0.778. The molecule has 2 heteroatoms. The number of rotatable bonds is 3. The largest absolute Gasteiger partial charge is 0.206 e. The van der Waals surface area contributed by atoms with Gasteiger partial charge in [0.15, 0.2) is 0 Å². The van der Waals surface area contributed by atoms with Gasteiger partial charge in [-0.25, -0.2) is 4.39 Å². The quantitative estimate of drug-likeness (QED) is 0.340. The lowest BCUT2D eigenvalue weighted by Gasteiger charge is -2.31. The predicted octanol–water partition coefficient (Wildman–Crippen LogP) is 6.69. The molecule has 140 valence electrons. The number of hydrogen-bond acceptors (Lipinski definition) is 0. The van der Waals surface area contributed by atoms with Crippen molar-refractivity contribution < 1.29 is 4.39 Å². The lowest BCUT2D eigenvalue weighted by molar-refractivity contribution is 0.764. The molecule has 0 aromatic heterocycles. The summed E-state index contributed by atoms with van der Waals surface area (Å²) in [4.78, 5) is 0. The van der Waals surface area contributed by atoms with Crippen LogP contribution in [0.4, 0.5) is 4.39 Å². The zero-order valence-corrected chi connectivity index (χ0v) is 16.8. The van der Waals surface area contributed by atoms with E-state index in [-0.39, 0.29) is 11.5 Å². The molecule has 0 amide bonds. The fourth-order valence-electron chi connectivity index (χ4n) is 4.13. The molecule has 0 aliphatic heterocycles. The van der Waals surface area contributed by atoms with Gasteiger partial charge in [0.25, 0.3) is 0 Å². The number of benzene rings is 4. The Labute approximate surface area is 172 Å². The lowest BCUT2D eigenvalue weighted by Crippen LogP contribution is -2.18. The molecule has 0 bridgehead atoms. The van der Waals surface area contributed by atoms with Gasteiger partial charge in [-0.1, -0.05) is 109 Å². The van der Waals surface area contributed by atoms with Gasteiger partial charge in [0, 0.05) is 11.2 Å². The zero-order valence-electron chi connectivity index (χ0n) is 15.9. The second-order valence-corrected chi connectivity index (χ2v) is 9.44. The van der Waals surface area contributed by atoms with E-state index >= 15 is 4.39 Å². The van der Waals surface area contributed by atoms with E-state index in [9.17, 15) is 0 Å². The van der Waals surface area contributed by atoms with Crippen molar-refractivity contribution in [3.05, 3.63) is 131 Å². The van der Waals surface area contributed by atoms with Crippen molar-refractivity contribution in [1.82, 2.24) is 0 Å². The van der Waals surface area contributed by atoms with Crippen LogP contribution in [0.2, 0.25) is 0 Å². The van der Waals surface area contributed by atoms with E-state index in [2.05, 4.69) is 78.9 Å². The van der Waals surface area contributed by atoms with E-state index in [1.807, 2.05) is 30.3 Å². The van der Waals surface area contributed by atoms with Gasteiger partial charge in [0.05, 0.1) is 0 Å². The van der Waals surface area contributed by atoms with Gasteiger partial charge in [0.2, 0.25) is 0 Å². The van der Waals surface area contributed by atoms with Gasteiger partial charge in [0.1, 0.15) is 5.83 Å². The highest BCUT2D eigenvalue weighted by Crippen LogP contribution is 2.56. The Bertz CT molecular complexity index is 1130. The Kier molecular flexibility index (Phi) is 4.84. The summed E-state index contributed by atoms with van der Waals surface area (Å²) in [5, 5.41) is 2.59. The Morgan fingerprint density at radius 3 is 1.72 bits per heavy atom. The van der Waals surface area contributed by atoms with Crippen LogP contribution in [-0.4, -0.2) is 0 Å². The van der Waals surface area contributed by atoms with Crippen LogP contribution in [0.15, 0.2) is 109 Å². The number of halogens is 1. The number of fused-ring (bicyclic) bond motifs is 2. The van der Waals surface area contributed by atoms with Crippen molar-refractivity contribution in [2.24, 2.45) is 0 Å². The minimum absolute atomic E-state index is 0.0756. The smallest absolute Gasteiger partial charge is 0.131 e. The van der Waals surface area contributed by atoms with Crippen molar-refractivity contribution in [1.29, 1.82) is 0 Å². The van der Waals surface area contributed by atoms with Gasteiger partial charge in [-0.15, -0.1) is 0 Å². The molecule has 0 saturated carbocycles. The summed E-state index contributed by atoms with van der Waals surface area (Å²) in [5.41, 5.74) is 3.99. The Morgan fingerprint density at radius 2 is 1.07 bits per heavy atom. The van der Waals surface area contributed by atoms with E-state index in [4.69, 9.17) is 0 Å². The molecular weight excluding hydrogens is 374 g/mol. The Morgan fingerprint density at radius 1 is 0.552 bits per heavy atom. The topological polar surface area (TPSA) is 0 Å². The fraction of sp³-hybridized carbons (Fsp3) is 0.0370. The standard InChI is InChI=1S/C27H20FP/c28-26-19-20-11-7-8-16-23(20)27(25-18-10-9-17-24(25)26)29(21-12-3-1-4-13-21)22-14-5-2-6-15-22/h1-19,27H/t27-/m1/s1. The summed E-state index contributed by atoms with van der Waals surface area (Å²) in [7, 11) is -0.778. The Hall–Kier alpha value is -3.02. The molecule has 5 rings (SSSR count). The summed E-state index contributed by atoms with van der Waals surface area (Å²) >= 11 is 0. The van der Waals surface area contributed by atoms with E-state index in [1.54, 1.807) is 6.08 Å². The van der Waals surface area contributed by atoms with Gasteiger partial charge in [-0.3, -0.25) is 0 Å². The fourth-order valence-corrected chi connectivity index (χ4v) is 7.03. The van der Waals surface area contributed by atoms with Crippen LogP contribution in [0.3, 0.4) is 0 Å². The minimum Gasteiger partial charge on any atom is -0.206 e. The van der Waals surface area contributed by atoms with Crippen molar-refractivity contribution >= 4 is 30.4 Å². The average molecular weight is 394 g/mol. The van der Waals surface area contributed by atoms with Crippen LogP contribution in [0, 0.1) is 0 Å². The highest BCUT2D eigenvalue weighted by atomic mass is 31.1. The monoisotopic (exact) mass is 394 g/mol. The molecule has 0 spiro atoms. The van der Waals surface area contributed by atoms with Crippen molar-refractivity contribution in [3.8, 4) is 0 Å². The van der Waals surface area contributed by atoms with E-state index in [0.717, 1.165) is 11.1 Å². The maximum Gasteiger partial charge on any atom is 0.131 e. The van der Waals surface area contributed by atoms with E-state index in [0.29, 0.717) is 5.56 Å². The van der Waals surface area contributed by atoms with Crippen LogP contribution in [-0.2, 0) is 0 Å². The molecule has 0 fully saturated rings. The first-order valence-corrected chi connectivity index (χ1v) is 11.2. The first-order chi connectivity index (χ1) is 14.3. The van der Waals surface area contributed by atoms with Gasteiger partial charge < -0.3 is 0 Å². The molecule has 1 aliphatic carbocycles. The van der Waals surface area contributed by atoms with Gasteiger partial charge in [-0.05, 0) is 41.3 Å². The highest BCUT2D eigenvalue weighted by Gasteiger charge is 2.32. The third-order valence-corrected chi connectivity index (χ3v) is 8.19. The van der Waals surface area contributed by atoms with Crippen LogP contribution in [0.1, 0.15) is 27.9 Å². The first-order valence-electron chi connectivity index (χ1n) is 9.78. The first kappa shape index (κ1) is 18.0. The summed E-state index contributed by atoms with van der Waals surface area (Å²) < 4.78 is 15.2.